The highest BCUT2D eigenvalue weighted by Gasteiger charge is 2.22. The molecule has 0 unspecified atom stereocenters. The molecule has 0 atom stereocenters. The van der Waals surface area contributed by atoms with Gasteiger partial charge in [-0.1, -0.05) is 12.1 Å². The molecule has 3 aromatic rings. The molecule has 0 N–H and O–H groups in total. The monoisotopic (exact) mass is 313 g/mol. The van der Waals surface area contributed by atoms with Gasteiger partial charge in [0, 0.05) is 26.2 Å². The lowest BCUT2D eigenvalue weighted by Gasteiger charge is -2.32. The zero-order chi connectivity index (χ0) is 15.8. The molecule has 6 nitrogen and oxygen atoms in total. The van der Waals surface area contributed by atoms with E-state index in [0.29, 0.717) is 16.8 Å². The lowest BCUT2D eigenvalue weighted by molar-refractivity contribution is 0.312. The van der Waals surface area contributed by atoms with Crippen molar-refractivity contribution in [2.24, 2.45) is 0 Å². The molecule has 0 saturated carbocycles. The normalized spacial score (nSPS) is 16.2. The Balaban J connectivity index is 1.77. The van der Waals surface area contributed by atoms with Crippen LogP contribution in [0.4, 0.5) is 10.2 Å². The van der Waals surface area contributed by atoms with Gasteiger partial charge in [-0.25, -0.2) is 14.4 Å². The zero-order valence-corrected chi connectivity index (χ0v) is 12.7. The molecule has 1 aliphatic rings. The minimum absolute atomic E-state index is 0.231. The van der Waals surface area contributed by atoms with Crippen LogP contribution >= 0.6 is 0 Å². The van der Waals surface area contributed by atoms with Crippen LogP contribution in [0.5, 0.6) is 0 Å². The molecule has 0 amide bonds. The van der Waals surface area contributed by atoms with Crippen molar-refractivity contribution in [2.45, 2.75) is 0 Å². The van der Waals surface area contributed by atoms with Gasteiger partial charge in [-0.2, -0.15) is 4.98 Å². The van der Waals surface area contributed by atoms with Crippen LogP contribution in [0, 0.1) is 5.82 Å². The van der Waals surface area contributed by atoms with Gasteiger partial charge < -0.3 is 14.2 Å². The van der Waals surface area contributed by atoms with Crippen molar-refractivity contribution in [1.29, 1.82) is 0 Å². The van der Waals surface area contributed by atoms with Gasteiger partial charge >= 0.3 is 0 Å². The Morgan fingerprint density at radius 3 is 2.65 bits per heavy atom. The molecule has 118 valence electrons. The largest absolute Gasteiger partial charge is 0.417 e. The van der Waals surface area contributed by atoms with Crippen LogP contribution in [0.3, 0.4) is 0 Å². The summed E-state index contributed by atoms with van der Waals surface area (Å²) in [4.78, 5) is 17.4. The molecule has 7 heteroatoms. The van der Waals surface area contributed by atoms with E-state index in [2.05, 4.69) is 31.8 Å². The Morgan fingerprint density at radius 1 is 1.09 bits per heavy atom. The molecule has 0 bridgehead atoms. The third kappa shape index (κ3) is 2.53. The summed E-state index contributed by atoms with van der Waals surface area (Å²) in [6.07, 6.45) is 1.46. The van der Waals surface area contributed by atoms with Crippen molar-refractivity contribution in [3.8, 4) is 11.5 Å². The number of hydrogen-bond donors (Lipinski definition) is 0. The van der Waals surface area contributed by atoms with E-state index >= 15 is 0 Å². The summed E-state index contributed by atoms with van der Waals surface area (Å²) >= 11 is 0. The first-order chi connectivity index (χ1) is 11.2. The molecule has 3 heterocycles. The molecule has 1 aliphatic heterocycles. The van der Waals surface area contributed by atoms with Crippen LogP contribution in [0.15, 0.2) is 35.0 Å². The fourth-order valence-corrected chi connectivity index (χ4v) is 2.74. The van der Waals surface area contributed by atoms with E-state index in [0.717, 1.165) is 32.0 Å². The third-order valence-electron chi connectivity index (χ3n) is 4.08. The van der Waals surface area contributed by atoms with Gasteiger partial charge in [0.1, 0.15) is 12.1 Å². The second kappa shape index (κ2) is 5.58. The van der Waals surface area contributed by atoms with Crippen LogP contribution in [0.1, 0.15) is 0 Å². The van der Waals surface area contributed by atoms with Crippen molar-refractivity contribution < 1.29 is 8.81 Å². The molecular formula is C16H16FN5O. The number of halogens is 1. The van der Waals surface area contributed by atoms with Crippen molar-refractivity contribution in [3.05, 3.63) is 36.4 Å². The molecule has 0 spiro atoms. The van der Waals surface area contributed by atoms with Crippen LogP contribution in [-0.2, 0) is 0 Å². The first-order valence-corrected chi connectivity index (χ1v) is 7.52. The first-order valence-electron chi connectivity index (χ1n) is 7.52. The minimum Gasteiger partial charge on any atom is -0.417 e. The molecule has 23 heavy (non-hydrogen) atoms. The van der Waals surface area contributed by atoms with E-state index in [9.17, 15) is 4.39 Å². The van der Waals surface area contributed by atoms with Crippen LogP contribution < -0.4 is 4.90 Å². The Hall–Kier alpha value is -2.54. The summed E-state index contributed by atoms with van der Waals surface area (Å²) < 4.78 is 19.6. The number of oxazole rings is 1. The molecular weight excluding hydrogens is 297 g/mol. The Kier molecular flexibility index (Phi) is 3.42. The summed E-state index contributed by atoms with van der Waals surface area (Å²) in [6.45, 7) is 3.65. The SMILES string of the molecule is CN1CCN(c2ncnc3oc(-c4ccccc4F)nc23)CC1. The van der Waals surface area contributed by atoms with Gasteiger partial charge in [-0.3, -0.25) is 0 Å². The van der Waals surface area contributed by atoms with Crippen LogP contribution in [0.25, 0.3) is 22.7 Å². The highest BCUT2D eigenvalue weighted by atomic mass is 19.1. The number of piperazine rings is 1. The van der Waals surface area contributed by atoms with E-state index in [1.165, 1.54) is 12.4 Å². The van der Waals surface area contributed by atoms with Gasteiger partial charge in [0.15, 0.2) is 11.3 Å². The van der Waals surface area contributed by atoms with Gasteiger partial charge in [0.2, 0.25) is 5.89 Å². The Morgan fingerprint density at radius 2 is 1.87 bits per heavy atom. The number of rotatable bonds is 2. The zero-order valence-electron chi connectivity index (χ0n) is 12.7. The van der Waals surface area contributed by atoms with Crippen LogP contribution in [-0.4, -0.2) is 53.1 Å². The van der Waals surface area contributed by atoms with Crippen LogP contribution in [0.2, 0.25) is 0 Å². The van der Waals surface area contributed by atoms with E-state index in [-0.39, 0.29) is 11.7 Å². The highest BCUT2D eigenvalue weighted by Crippen LogP contribution is 2.29. The second-order valence-electron chi connectivity index (χ2n) is 5.64. The fraction of sp³-hybridized carbons (Fsp3) is 0.312. The number of likely N-dealkylation sites (N-methyl/N-ethyl adjacent to an activating group) is 1. The summed E-state index contributed by atoms with van der Waals surface area (Å²) in [5, 5.41) is 0. The van der Waals surface area contributed by atoms with Gasteiger partial charge in [-0.15, -0.1) is 0 Å². The predicted octanol–water partition coefficient (Wildman–Crippen LogP) is 2.18. The number of nitrogens with zero attached hydrogens (tertiary/aromatic N) is 5. The number of fused-ring (bicyclic) bond motifs is 1. The molecule has 0 aliphatic carbocycles. The van der Waals surface area contributed by atoms with E-state index < -0.39 is 0 Å². The average Bonchev–Trinajstić information content (AvgIpc) is 3.00. The standard InChI is InChI=1S/C16H16FN5O/c1-21-6-8-22(9-7-21)14-13-16(19-10-18-14)23-15(20-13)11-4-2-3-5-12(11)17/h2-5,10H,6-9H2,1H3. The lowest BCUT2D eigenvalue weighted by atomic mass is 10.2. The number of benzene rings is 1. The smallest absolute Gasteiger partial charge is 0.252 e. The van der Waals surface area contributed by atoms with Crippen molar-refractivity contribution in [3.63, 3.8) is 0 Å². The number of hydrogen-bond acceptors (Lipinski definition) is 6. The summed E-state index contributed by atoms with van der Waals surface area (Å²) in [5.41, 5.74) is 1.29. The maximum absolute atomic E-state index is 14.0. The first kappa shape index (κ1) is 14.1. The van der Waals surface area contributed by atoms with Gasteiger partial charge in [-0.05, 0) is 19.2 Å². The molecule has 4 rings (SSSR count). The Labute approximate surface area is 132 Å². The minimum atomic E-state index is -0.367. The van der Waals surface area contributed by atoms with Crippen molar-refractivity contribution in [2.75, 3.05) is 38.1 Å². The highest BCUT2D eigenvalue weighted by molar-refractivity contribution is 5.84. The lowest BCUT2D eigenvalue weighted by Crippen LogP contribution is -2.44. The molecule has 1 fully saturated rings. The van der Waals surface area contributed by atoms with E-state index in [4.69, 9.17) is 4.42 Å². The summed E-state index contributed by atoms with van der Waals surface area (Å²) in [7, 11) is 2.10. The molecule has 1 saturated heterocycles. The summed E-state index contributed by atoms with van der Waals surface area (Å²) in [5.74, 6) is 0.608. The summed E-state index contributed by atoms with van der Waals surface area (Å²) in [6, 6.07) is 6.41. The average molecular weight is 313 g/mol. The second-order valence-corrected chi connectivity index (χ2v) is 5.64. The van der Waals surface area contributed by atoms with Gasteiger partial charge in [0.05, 0.1) is 5.56 Å². The topological polar surface area (TPSA) is 58.3 Å². The quantitative estimate of drug-likeness (QED) is 0.723. The van der Waals surface area contributed by atoms with E-state index in [1.807, 2.05) is 0 Å². The maximum Gasteiger partial charge on any atom is 0.252 e. The Bertz CT molecular complexity index is 841. The van der Waals surface area contributed by atoms with Crippen molar-refractivity contribution >= 4 is 17.0 Å². The van der Waals surface area contributed by atoms with E-state index in [1.54, 1.807) is 18.2 Å². The predicted molar refractivity (Wildman–Crippen MR) is 84.7 cm³/mol. The van der Waals surface area contributed by atoms with Gasteiger partial charge in [0.25, 0.3) is 5.71 Å². The molecule has 2 aromatic heterocycles. The van der Waals surface area contributed by atoms with Crippen molar-refractivity contribution in [1.82, 2.24) is 19.9 Å². The number of anilines is 1. The number of aromatic nitrogens is 3. The maximum atomic E-state index is 14.0. The fourth-order valence-electron chi connectivity index (χ4n) is 2.74. The molecule has 1 aromatic carbocycles. The third-order valence-corrected chi connectivity index (χ3v) is 4.08. The molecule has 0 radical (unpaired) electrons.